The van der Waals surface area contributed by atoms with E-state index in [1.165, 1.54) is 0 Å². The molecule has 2 amide bonds. The van der Waals surface area contributed by atoms with Gasteiger partial charge in [-0.15, -0.1) is 6.20 Å². The Hall–Kier alpha value is -1.90. The first-order valence-corrected chi connectivity index (χ1v) is 8.65. The molecule has 0 fully saturated rings. The first-order chi connectivity index (χ1) is 13.1. The molecule has 0 bridgehead atoms. The van der Waals surface area contributed by atoms with Crippen LogP contribution in [0.2, 0.25) is 0 Å². The maximum atomic E-state index is 12.1. The van der Waals surface area contributed by atoms with Gasteiger partial charge in [-0.2, -0.15) is 0 Å². The maximum Gasteiger partial charge on any atom is 1.00 e. The van der Waals surface area contributed by atoms with Crippen molar-refractivity contribution in [3.63, 3.8) is 0 Å². The Morgan fingerprint density at radius 1 is 1.14 bits per heavy atom. The van der Waals surface area contributed by atoms with Gasteiger partial charge in [0.05, 0.1) is 18.5 Å². The van der Waals surface area contributed by atoms with E-state index in [-0.39, 0.29) is 63.5 Å². The second kappa shape index (κ2) is 11.2. The van der Waals surface area contributed by atoms with E-state index in [9.17, 15) is 4.79 Å². The standard InChI is InChI=1S/C21H22N5O.K/c1-16(22-11-12-23-20-14-26(2)15-20)17-7-6-10-19(13-17)25-21(27)24-18-8-4-3-5-9-18;/h3-10,12-16,22H,1-2H3,(H2,24,25,27);/q-1;+1. The van der Waals surface area contributed by atoms with E-state index in [4.69, 9.17) is 0 Å². The molecule has 0 spiro atoms. The van der Waals surface area contributed by atoms with Crippen molar-refractivity contribution in [2.45, 2.75) is 13.0 Å². The van der Waals surface area contributed by atoms with Crippen LogP contribution in [0.4, 0.5) is 16.2 Å². The second-order valence-electron chi connectivity index (χ2n) is 6.19. The van der Waals surface area contributed by atoms with Crippen molar-refractivity contribution in [3.05, 3.63) is 79.1 Å². The number of nitrogens with zero attached hydrogens (tertiary/aromatic N) is 2. The average molecular weight is 400 g/mol. The van der Waals surface area contributed by atoms with Crippen molar-refractivity contribution in [2.24, 2.45) is 4.99 Å². The van der Waals surface area contributed by atoms with Gasteiger partial charge in [0.25, 0.3) is 0 Å². The van der Waals surface area contributed by atoms with Crippen LogP contribution in [0, 0.1) is 12.7 Å². The quantitative estimate of drug-likeness (QED) is 0.288. The summed E-state index contributed by atoms with van der Waals surface area (Å²) < 4.78 is 1.94. The van der Waals surface area contributed by atoms with Gasteiger partial charge in [0.15, 0.2) is 0 Å². The fraction of sp³-hybridized carbons (Fsp3) is 0.143. The van der Waals surface area contributed by atoms with Crippen molar-refractivity contribution in [2.75, 3.05) is 17.7 Å². The molecule has 3 rings (SSSR count). The minimum atomic E-state index is -0.279. The smallest absolute Gasteiger partial charge is 0.560 e. The summed E-state index contributed by atoms with van der Waals surface area (Å²) in [6.45, 7) is 3.95. The molecule has 138 valence electrons. The van der Waals surface area contributed by atoms with E-state index < -0.39 is 0 Å². The number of nitrogens with one attached hydrogen (secondary N) is 3. The van der Waals surface area contributed by atoms with Gasteiger partial charge in [-0.25, -0.2) is 4.79 Å². The van der Waals surface area contributed by atoms with Gasteiger partial charge in [-0.1, -0.05) is 30.3 Å². The zero-order valence-electron chi connectivity index (χ0n) is 16.3. The number of carbonyl (C=O) groups is 1. The molecule has 0 saturated carbocycles. The largest absolute Gasteiger partial charge is 1.00 e. The van der Waals surface area contributed by atoms with Gasteiger partial charge in [0.1, 0.15) is 7.05 Å². The van der Waals surface area contributed by atoms with E-state index in [0.717, 1.165) is 22.6 Å². The SMILES string of the molecule is CC(N[C-]=CN=C1C=[N+](C)[CH-]1)c1cccc(NC(=O)Nc2ccccc2)c1.[K+]. The Balaban J connectivity index is 0.00000280. The third-order valence-electron chi connectivity index (χ3n) is 3.93. The van der Waals surface area contributed by atoms with Gasteiger partial charge in [0, 0.05) is 17.4 Å². The predicted octanol–water partition coefficient (Wildman–Crippen LogP) is 0.589. The zero-order valence-corrected chi connectivity index (χ0v) is 19.4. The molecule has 1 aliphatic heterocycles. The van der Waals surface area contributed by atoms with Crippen molar-refractivity contribution >= 4 is 29.3 Å². The molecule has 1 heterocycles. The number of hydrogen-bond donors (Lipinski definition) is 3. The zero-order chi connectivity index (χ0) is 19.1. The van der Waals surface area contributed by atoms with E-state index in [1.54, 1.807) is 6.20 Å². The van der Waals surface area contributed by atoms with Gasteiger partial charge in [-0.05, 0) is 36.8 Å². The first-order valence-electron chi connectivity index (χ1n) is 8.65. The van der Waals surface area contributed by atoms with Crippen LogP contribution in [-0.4, -0.2) is 29.6 Å². The fourth-order valence-corrected chi connectivity index (χ4v) is 2.53. The molecule has 2 aromatic carbocycles. The van der Waals surface area contributed by atoms with Gasteiger partial charge in [-0.3, -0.25) is 0 Å². The molecule has 0 aromatic heterocycles. The summed E-state index contributed by atoms with van der Waals surface area (Å²) in [4.78, 5) is 16.4. The number of carbonyl (C=O) groups excluding carboxylic acids is 1. The summed E-state index contributed by atoms with van der Waals surface area (Å²) in [5.41, 5.74) is 3.41. The third-order valence-corrected chi connectivity index (χ3v) is 3.93. The molecule has 1 atom stereocenters. The van der Waals surface area contributed by atoms with Crippen LogP contribution in [0.1, 0.15) is 18.5 Å². The first kappa shape index (κ1) is 22.4. The van der Waals surface area contributed by atoms with E-state index >= 15 is 0 Å². The number of anilines is 2. The van der Waals surface area contributed by atoms with Crippen molar-refractivity contribution in [3.8, 4) is 0 Å². The minimum Gasteiger partial charge on any atom is -0.560 e. The Morgan fingerprint density at radius 2 is 1.82 bits per heavy atom. The van der Waals surface area contributed by atoms with Gasteiger partial charge in [0.2, 0.25) is 0 Å². The summed E-state index contributed by atoms with van der Waals surface area (Å²) in [6, 6.07) is 16.8. The summed E-state index contributed by atoms with van der Waals surface area (Å²) in [5.74, 6) is 0. The Labute approximate surface area is 208 Å². The van der Waals surface area contributed by atoms with Crippen LogP contribution in [0.15, 0.2) is 65.8 Å². The minimum absolute atomic E-state index is 0. The molecule has 3 N–H and O–H groups in total. The summed E-state index contributed by atoms with van der Waals surface area (Å²) >= 11 is 0. The van der Waals surface area contributed by atoms with E-state index in [0.29, 0.717) is 0 Å². The summed E-state index contributed by atoms with van der Waals surface area (Å²) in [7, 11) is 1.95. The van der Waals surface area contributed by atoms with Crippen molar-refractivity contribution in [1.29, 1.82) is 0 Å². The van der Waals surface area contributed by atoms with Crippen LogP contribution < -0.4 is 67.3 Å². The molecule has 7 heteroatoms. The molecule has 6 nitrogen and oxygen atoms in total. The molecule has 0 saturated heterocycles. The number of amides is 2. The number of aliphatic imine (C=N–C) groups is 1. The Morgan fingerprint density at radius 3 is 2.54 bits per heavy atom. The second-order valence-corrected chi connectivity index (χ2v) is 6.19. The summed E-state index contributed by atoms with van der Waals surface area (Å²) in [6.07, 6.45) is 6.51. The van der Waals surface area contributed by atoms with Crippen LogP contribution in [0.5, 0.6) is 0 Å². The van der Waals surface area contributed by atoms with Gasteiger partial charge >= 0.3 is 57.4 Å². The fourth-order valence-electron chi connectivity index (χ4n) is 2.53. The summed E-state index contributed by atoms with van der Waals surface area (Å²) in [5, 5.41) is 8.80. The molecule has 0 radical (unpaired) electrons. The van der Waals surface area contributed by atoms with Crippen molar-refractivity contribution < 1.29 is 60.8 Å². The van der Waals surface area contributed by atoms with Crippen LogP contribution in [0.25, 0.3) is 0 Å². The number of benzene rings is 2. The molecule has 0 aliphatic carbocycles. The van der Waals surface area contributed by atoms with Gasteiger partial charge < -0.3 is 31.7 Å². The Kier molecular flexibility index (Phi) is 8.94. The third kappa shape index (κ3) is 6.92. The van der Waals surface area contributed by atoms with Crippen LogP contribution >= 0.6 is 0 Å². The topological polar surface area (TPSA) is 68.5 Å². The van der Waals surface area contributed by atoms with Crippen LogP contribution in [0.3, 0.4) is 0 Å². The number of para-hydroxylation sites is 1. The molecule has 1 unspecified atom stereocenters. The molecule has 2 aromatic rings. The van der Waals surface area contributed by atoms with Crippen molar-refractivity contribution in [1.82, 2.24) is 5.32 Å². The molecule has 28 heavy (non-hydrogen) atoms. The Bertz CT molecular complexity index is 893. The molecule has 1 aliphatic rings. The average Bonchev–Trinajstić information content (AvgIpc) is 2.64. The number of hydrogen-bond acceptors (Lipinski definition) is 3. The van der Waals surface area contributed by atoms with E-state index in [1.807, 2.05) is 85.9 Å². The van der Waals surface area contributed by atoms with Crippen LogP contribution in [-0.2, 0) is 0 Å². The maximum absolute atomic E-state index is 12.1. The number of urea groups is 1. The monoisotopic (exact) mass is 399 g/mol. The predicted molar refractivity (Wildman–Crippen MR) is 109 cm³/mol. The molecular weight excluding hydrogens is 377 g/mol. The number of rotatable bonds is 6. The van der Waals surface area contributed by atoms with E-state index in [2.05, 4.69) is 27.1 Å². The normalized spacial score (nSPS) is 14.9. The molecular formula is C21H22KN5O.